The quantitative estimate of drug-likeness (QED) is 0.294. The van der Waals surface area contributed by atoms with Gasteiger partial charge in [0, 0.05) is 44.4 Å². The summed E-state index contributed by atoms with van der Waals surface area (Å²) in [5.74, 6) is 0.0423. The van der Waals surface area contributed by atoms with Gasteiger partial charge in [-0.3, -0.25) is 0 Å². The maximum atomic E-state index is 9.55. The predicted molar refractivity (Wildman–Crippen MR) is 119 cm³/mol. The number of rotatable bonds is 11. The molecule has 3 atom stereocenters. The van der Waals surface area contributed by atoms with Crippen molar-refractivity contribution in [2.45, 2.75) is 38.8 Å². The fraction of sp³-hybridized carbons (Fsp3) is 0.565. The van der Waals surface area contributed by atoms with Crippen molar-refractivity contribution in [2.24, 2.45) is 11.8 Å². The van der Waals surface area contributed by atoms with Crippen LogP contribution in [0.2, 0.25) is 0 Å². The van der Waals surface area contributed by atoms with Crippen molar-refractivity contribution in [3.05, 3.63) is 35.9 Å². The average Bonchev–Trinajstić information content (AvgIpc) is 3.20. The lowest BCUT2D eigenvalue weighted by Crippen LogP contribution is -2.28. The summed E-state index contributed by atoms with van der Waals surface area (Å²) in [6, 6.07) is 6.52. The van der Waals surface area contributed by atoms with Crippen molar-refractivity contribution in [1.82, 2.24) is 5.32 Å². The summed E-state index contributed by atoms with van der Waals surface area (Å²) in [6.45, 7) is 5.93. The van der Waals surface area contributed by atoms with Crippen LogP contribution in [0, 0.1) is 11.8 Å². The van der Waals surface area contributed by atoms with Crippen LogP contribution in [0.4, 0.5) is 0 Å². The first-order valence-electron chi connectivity index (χ1n) is 10.5. The number of carboxylic acids is 2. The number of methoxy groups -OCH3 is 2. The zero-order valence-electron chi connectivity index (χ0n) is 19.1. The largest absolute Gasteiger partial charge is 0.493 e. The van der Waals surface area contributed by atoms with Crippen molar-refractivity contribution in [2.75, 3.05) is 34.0 Å². The molecule has 0 saturated carbocycles. The second-order valence-electron chi connectivity index (χ2n) is 7.78. The zero-order chi connectivity index (χ0) is 24.1. The molecule has 0 aromatic heterocycles. The smallest absolute Gasteiger partial charge is 0.328 e. The van der Waals surface area contributed by atoms with Gasteiger partial charge in [0.05, 0.1) is 20.3 Å². The summed E-state index contributed by atoms with van der Waals surface area (Å²) in [7, 11) is 3.35. The van der Waals surface area contributed by atoms with E-state index in [0.717, 1.165) is 24.3 Å². The Morgan fingerprint density at radius 2 is 1.78 bits per heavy atom. The van der Waals surface area contributed by atoms with Crippen LogP contribution in [-0.4, -0.2) is 67.3 Å². The normalized spacial score (nSPS) is 20.1. The van der Waals surface area contributed by atoms with Gasteiger partial charge in [-0.05, 0) is 36.0 Å². The van der Waals surface area contributed by atoms with Crippen LogP contribution in [0.3, 0.4) is 0 Å². The Balaban J connectivity index is 0.000000547. The van der Waals surface area contributed by atoms with E-state index >= 15 is 0 Å². The summed E-state index contributed by atoms with van der Waals surface area (Å²) in [5, 5.41) is 28.7. The zero-order valence-corrected chi connectivity index (χ0v) is 19.1. The van der Waals surface area contributed by atoms with E-state index in [2.05, 4.69) is 31.3 Å². The van der Waals surface area contributed by atoms with Crippen molar-refractivity contribution < 1.29 is 39.1 Å². The van der Waals surface area contributed by atoms with Crippen molar-refractivity contribution >= 4 is 11.9 Å². The highest BCUT2D eigenvalue weighted by Gasteiger charge is 2.36. The standard InChI is InChI=1S/C19H31NO4.C4H4O4/c1-13(2)16-11-15(12-21)20-19(16)14-6-7-17(23-4)18(10-14)24-9-5-8-22-3;5-3(6)1-2-4(7)8/h6-7,10,13,15-16,19-21H,5,8-9,11-12H2,1-4H3;1-2H,(H,5,6)(H,7,8)/b;2-1-/t15-,16-,19-;/m0./s1. The summed E-state index contributed by atoms with van der Waals surface area (Å²) in [6.07, 6.45) is 2.95. The number of ether oxygens (including phenoxy) is 3. The van der Waals surface area contributed by atoms with Crippen LogP contribution in [-0.2, 0) is 14.3 Å². The molecule has 0 amide bonds. The predicted octanol–water partition coefficient (Wildman–Crippen LogP) is 2.49. The number of carbonyl (C=O) groups is 2. The molecule has 2 rings (SSSR count). The van der Waals surface area contributed by atoms with Crippen LogP contribution in [0.5, 0.6) is 11.5 Å². The molecule has 9 nitrogen and oxygen atoms in total. The topological polar surface area (TPSA) is 135 Å². The monoisotopic (exact) mass is 453 g/mol. The molecule has 180 valence electrons. The van der Waals surface area contributed by atoms with Gasteiger partial charge in [-0.15, -0.1) is 0 Å². The first-order chi connectivity index (χ1) is 15.2. The van der Waals surface area contributed by atoms with Crippen molar-refractivity contribution in [1.29, 1.82) is 0 Å². The highest BCUT2D eigenvalue weighted by atomic mass is 16.5. The fourth-order valence-corrected chi connectivity index (χ4v) is 3.57. The summed E-state index contributed by atoms with van der Waals surface area (Å²) in [4.78, 5) is 19.1. The van der Waals surface area contributed by atoms with Crippen LogP contribution >= 0.6 is 0 Å². The van der Waals surface area contributed by atoms with Gasteiger partial charge in [0.1, 0.15) is 0 Å². The Hall–Kier alpha value is -2.62. The fourth-order valence-electron chi connectivity index (χ4n) is 3.57. The molecule has 9 heteroatoms. The second kappa shape index (κ2) is 14.4. The molecule has 32 heavy (non-hydrogen) atoms. The minimum Gasteiger partial charge on any atom is -0.493 e. The van der Waals surface area contributed by atoms with Gasteiger partial charge in [0.15, 0.2) is 11.5 Å². The molecule has 1 aliphatic rings. The molecule has 0 unspecified atom stereocenters. The first-order valence-corrected chi connectivity index (χ1v) is 10.5. The summed E-state index contributed by atoms with van der Waals surface area (Å²) >= 11 is 0. The SMILES string of the molecule is COCCCOc1cc([C@@H]2N[C@H](CO)C[C@H]2C(C)C)ccc1OC.O=C(O)/C=C\C(=O)O. The molecule has 0 aliphatic carbocycles. The Bertz CT molecular complexity index is 734. The molecule has 1 saturated heterocycles. The number of aliphatic hydroxyl groups is 1. The average molecular weight is 454 g/mol. The molecule has 1 fully saturated rings. The van der Waals surface area contributed by atoms with E-state index in [0.29, 0.717) is 37.2 Å². The highest BCUT2D eigenvalue weighted by Crippen LogP contribution is 2.40. The van der Waals surface area contributed by atoms with Crippen molar-refractivity contribution in [3.8, 4) is 11.5 Å². The van der Waals surface area contributed by atoms with E-state index in [1.165, 1.54) is 5.56 Å². The molecule has 0 bridgehead atoms. The van der Waals surface area contributed by atoms with E-state index in [1.54, 1.807) is 14.2 Å². The maximum absolute atomic E-state index is 9.55. The van der Waals surface area contributed by atoms with Crippen molar-refractivity contribution in [3.63, 3.8) is 0 Å². The molecule has 1 aromatic rings. The van der Waals surface area contributed by atoms with Crippen LogP contribution in [0.25, 0.3) is 0 Å². The van der Waals surface area contributed by atoms with Gasteiger partial charge in [-0.2, -0.15) is 0 Å². The lowest BCUT2D eigenvalue weighted by atomic mass is 9.84. The number of aliphatic carboxylic acids is 2. The van der Waals surface area contributed by atoms with Gasteiger partial charge in [0.25, 0.3) is 0 Å². The lowest BCUT2D eigenvalue weighted by molar-refractivity contribution is -0.134. The second-order valence-corrected chi connectivity index (χ2v) is 7.78. The Kier molecular flexibility index (Phi) is 12.4. The third-order valence-electron chi connectivity index (χ3n) is 5.14. The van der Waals surface area contributed by atoms with Crippen LogP contribution in [0.1, 0.15) is 38.3 Å². The Morgan fingerprint density at radius 3 is 2.28 bits per heavy atom. The van der Waals surface area contributed by atoms with Crippen LogP contribution < -0.4 is 14.8 Å². The third-order valence-corrected chi connectivity index (χ3v) is 5.14. The summed E-state index contributed by atoms with van der Waals surface area (Å²) in [5.41, 5.74) is 1.19. The van der Waals surface area contributed by atoms with Gasteiger partial charge in [-0.25, -0.2) is 9.59 Å². The minimum absolute atomic E-state index is 0.163. The van der Waals surface area contributed by atoms with E-state index < -0.39 is 11.9 Å². The Labute approximate surface area is 189 Å². The number of hydrogen-bond acceptors (Lipinski definition) is 7. The summed E-state index contributed by atoms with van der Waals surface area (Å²) < 4.78 is 16.4. The third kappa shape index (κ3) is 9.25. The molecule has 4 N–H and O–H groups in total. The van der Waals surface area contributed by atoms with Crippen LogP contribution in [0.15, 0.2) is 30.4 Å². The van der Waals surface area contributed by atoms with Gasteiger partial charge in [0.2, 0.25) is 0 Å². The number of carboxylic acid groups (broad SMARTS) is 2. The van der Waals surface area contributed by atoms with E-state index in [1.807, 2.05) is 6.07 Å². The van der Waals surface area contributed by atoms with Gasteiger partial charge in [-0.1, -0.05) is 19.9 Å². The number of aliphatic hydroxyl groups excluding tert-OH is 1. The molecule has 1 aromatic carbocycles. The molecular formula is C23H35NO8. The number of nitrogens with one attached hydrogen (secondary N) is 1. The number of benzene rings is 1. The van der Waals surface area contributed by atoms with Gasteiger partial charge < -0.3 is 34.8 Å². The molecule has 0 spiro atoms. The highest BCUT2D eigenvalue weighted by molar-refractivity contribution is 5.89. The number of hydrogen-bond donors (Lipinski definition) is 4. The minimum atomic E-state index is -1.26. The maximum Gasteiger partial charge on any atom is 0.328 e. The Morgan fingerprint density at radius 1 is 1.12 bits per heavy atom. The van der Waals surface area contributed by atoms with E-state index in [-0.39, 0.29) is 18.7 Å². The molecule has 1 aliphatic heterocycles. The van der Waals surface area contributed by atoms with E-state index in [4.69, 9.17) is 24.4 Å². The first kappa shape index (κ1) is 27.4. The lowest BCUT2D eigenvalue weighted by Gasteiger charge is -2.24. The molecule has 0 radical (unpaired) electrons. The molecular weight excluding hydrogens is 418 g/mol. The van der Waals surface area contributed by atoms with Gasteiger partial charge >= 0.3 is 11.9 Å². The molecule has 1 heterocycles. The van der Waals surface area contributed by atoms with E-state index in [9.17, 15) is 14.7 Å².